The van der Waals surface area contributed by atoms with Crippen LogP contribution in [-0.2, 0) is 20.9 Å². The Labute approximate surface area is 172 Å². The lowest BCUT2D eigenvalue weighted by molar-refractivity contribution is -0.159. The fourth-order valence-corrected chi connectivity index (χ4v) is 3.33. The van der Waals surface area contributed by atoms with E-state index in [2.05, 4.69) is 4.74 Å². The molecule has 156 valence electrons. The van der Waals surface area contributed by atoms with E-state index in [-0.39, 0.29) is 23.3 Å². The number of benzene rings is 2. The molecular formula is C22H21FN2O5. The van der Waals surface area contributed by atoms with Crippen LogP contribution in [0.1, 0.15) is 28.5 Å². The summed E-state index contributed by atoms with van der Waals surface area (Å²) in [6, 6.07) is 14.2. The summed E-state index contributed by atoms with van der Waals surface area (Å²) in [6.45, 7) is 3.60. The number of fused-ring (bicyclic) bond motifs is 1. The van der Waals surface area contributed by atoms with Gasteiger partial charge in [0.1, 0.15) is 5.75 Å². The molecule has 30 heavy (non-hydrogen) atoms. The number of carbonyl (C=O) groups excluding carboxylic acids is 3. The second-order valence-corrected chi connectivity index (χ2v) is 6.56. The summed E-state index contributed by atoms with van der Waals surface area (Å²) in [5.41, 5.74) is 7.22. The summed E-state index contributed by atoms with van der Waals surface area (Å²) in [6.07, 6.45) is -2.38. The molecule has 1 heterocycles. The molecule has 1 atom stereocenters. The number of esters is 1. The predicted molar refractivity (Wildman–Crippen MR) is 108 cm³/mol. The van der Waals surface area contributed by atoms with Crippen molar-refractivity contribution in [2.45, 2.75) is 26.7 Å². The van der Waals surface area contributed by atoms with E-state index in [1.807, 2.05) is 34.9 Å². The van der Waals surface area contributed by atoms with E-state index in [0.29, 0.717) is 17.8 Å². The van der Waals surface area contributed by atoms with Crippen molar-refractivity contribution in [2.24, 2.45) is 5.73 Å². The van der Waals surface area contributed by atoms with Gasteiger partial charge in [0.25, 0.3) is 11.7 Å². The zero-order valence-corrected chi connectivity index (χ0v) is 16.6. The molecule has 3 aromatic rings. The molecule has 3 rings (SSSR count). The molecule has 1 aromatic heterocycles. The zero-order valence-electron chi connectivity index (χ0n) is 16.6. The van der Waals surface area contributed by atoms with Gasteiger partial charge < -0.3 is 19.8 Å². The first-order valence-electron chi connectivity index (χ1n) is 9.32. The maximum absolute atomic E-state index is 14.3. The third-order valence-electron chi connectivity index (χ3n) is 4.65. The molecule has 0 saturated carbocycles. The lowest BCUT2D eigenvalue weighted by Gasteiger charge is -2.12. The van der Waals surface area contributed by atoms with E-state index in [0.717, 1.165) is 5.56 Å². The number of amides is 1. The Kier molecular flexibility index (Phi) is 6.15. The van der Waals surface area contributed by atoms with Crippen LogP contribution < -0.4 is 10.5 Å². The smallest absolute Gasteiger partial charge is 0.381 e. The Morgan fingerprint density at radius 1 is 1.10 bits per heavy atom. The van der Waals surface area contributed by atoms with E-state index in [1.54, 1.807) is 26.0 Å². The fourth-order valence-electron chi connectivity index (χ4n) is 3.33. The second kappa shape index (κ2) is 8.77. The Morgan fingerprint density at radius 3 is 2.43 bits per heavy atom. The van der Waals surface area contributed by atoms with Gasteiger partial charge in [-0.15, -0.1) is 0 Å². The minimum Gasteiger partial charge on any atom is -0.461 e. The molecular weight excluding hydrogens is 391 g/mol. The first-order valence-corrected chi connectivity index (χ1v) is 9.32. The van der Waals surface area contributed by atoms with Crippen LogP contribution in [0.25, 0.3) is 10.9 Å². The predicted octanol–water partition coefficient (Wildman–Crippen LogP) is 2.90. The number of aromatic nitrogens is 1. The normalized spacial score (nSPS) is 11.8. The van der Waals surface area contributed by atoms with E-state index in [9.17, 15) is 18.8 Å². The molecule has 8 heteroatoms. The van der Waals surface area contributed by atoms with E-state index < -0.39 is 24.0 Å². The number of hydrogen-bond donors (Lipinski definition) is 1. The highest BCUT2D eigenvalue weighted by Gasteiger charge is 2.28. The van der Waals surface area contributed by atoms with Crippen molar-refractivity contribution >= 4 is 28.6 Å². The van der Waals surface area contributed by atoms with Crippen LogP contribution in [0.15, 0.2) is 48.5 Å². The largest absolute Gasteiger partial charge is 0.461 e. The summed E-state index contributed by atoms with van der Waals surface area (Å²) in [4.78, 5) is 35.9. The van der Waals surface area contributed by atoms with Gasteiger partial charge in [0, 0.05) is 12.2 Å². The second-order valence-electron chi connectivity index (χ2n) is 6.56. The molecule has 0 bridgehead atoms. The molecule has 1 amide bonds. The van der Waals surface area contributed by atoms with Crippen LogP contribution in [-0.4, -0.2) is 35.2 Å². The standard InChI is InChI=1S/C22H21FN2O5/c1-3-29-22(28)20(23)30-16-11-7-10-15-18(16)17(19(26)21(24)27)13(2)25(15)12-14-8-5-4-6-9-14/h4-11,20H,3,12H2,1-2H3,(H2,24,27). The van der Waals surface area contributed by atoms with Gasteiger partial charge in [0.15, 0.2) is 0 Å². The number of nitrogens with zero attached hydrogens (tertiary/aromatic N) is 1. The molecule has 0 spiro atoms. The maximum Gasteiger partial charge on any atom is 0.381 e. The van der Waals surface area contributed by atoms with Gasteiger partial charge in [-0.3, -0.25) is 9.59 Å². The molecule has 0 saturated heterocycles. The van der Waals surface area contributed by atoms with Crippen molar-refractivity contribution in [3.8, 4) is 5.75 Å². The topological polar surface area (TPSA) is 101 Å². The summed E-state index contributed by atoms with van der Waals surface area (Å²) >= 11 is 0. The highest BCUT2D eigenvalue weighted by atomic mass is 19.1. The van der Waals surface area contributed by atoms with Crippen LogP contribution in [0, 0.1) is 6.92 Å². The average molecular weight is 412 g/mol. The number of Topliss-reactive ketones (excluding diaryl/α,β-unsaturated/α-hetero) is 1. The molecule has 7 nitrogen and oxygen atoms in total. The summed E-state index contributed by atoms with van der Waals surface area (Å²) in [5, 5.41) is 0.210. The number of hydrogen-bond acceptors (Lipinski definition) is 5. The van der Waals surface area contributed by atoms with Crippen molar-refractivity contribution in [3.05, 3.63) is 65.4 Å². The van der Waals surface area contributed by atoms with Crippen LogP contribution in [0.2, 0.25) is 0 Å². The van der Waals surface area contributed by atoms with Crippen LogP contribution in [0.4, 0.5) is 4.39 Å². The first-order chi connectivity index (χ1) is 14.3. The number of primary amides is 1. The SMILES string of the molecule is CCOC(=O)C(F)Oc1cccc2c1c(C(=O)C(N)=O)c(C)n2Cc1ccccc1. The van der Waals surface area contributed by atoms with Gasteiger partial charge in [-0.25, -0.2) is 4.79 Å². The molecule has 2 aromatic carbocycles. The number of carbonyl (C=O) groups is 3. The summed E-state index contributed by atoms with van der Waals surface area (Å²) < 4.78 is 25.9. The van der Waals surface area contributed by atoms with Gasteiger partial charge in [-0.05, 0) is 31.5 Å². The van der Waals surface area contributed by atoms with Crippen molar-refractivity contribution in [2.75, 3.05) is 6.61 Å². The van der Waals surface area contributed by atoms with Gasteiger partial charge >= 0.3 is 12.3 Å². The number of ether oxygens (including phenoxy) is 2. The molecule has 0 aliphatic heterocycles. The molecule has 1 unspecified atom stereocenters. The van der Waals surface area contributed by atoms with E-state index in [1.165, 1.54) is 6.07 Å². The van der Waals surface area contributed by atoms with Crippen LogP contribution >= 0.6 is 0 Å². The molecule has 0 fully saturated rings. The Morgan fingerprint density at radius 2 is 1.80 bits per heavy atom. The minimum atomic E-state index is -2.38. The quantitative estimate of drug-likeness (QED) is 0.348. The van der Waals surface area contributed by atoms with E-state index in [4.69, 9.17) is 10.5 Å². The fraction of sp³-hybridized carbons (Fsp3) is 0.227. The lowest BCUT2D eigenvalue weighted by atomic mass is 10.1. The molecule has 0 radical (unpaired) electrons. The maximum atomic E-state index is 14.3. The minimum absolute atomic E-state index is 0.00914. The lowest BCUT2D eigenvalue weighted by Crippen LogP contribution is -2.25. The van der Waals surface area contributed by atoms with E-state index >= 15 is 0 Å². The number of alkyl halides is 1. The summed E-state index contributed by atoms with van der Waals surface area (Å²) in [5.74, 6) is -3.31. The Bertz CT molecular complexity index is 1110. The highest BCUT2D eigenvalue weighted by Crippen LogP contribution is 2.35. The third kappa shape index (κ3) is 4.03. The number of rotatable bonds is 8. The monoisotopic (exact) mass is 412 g/mol. The summed E-state index contributed by atoms with van der Waals surface area (Å²) in [7, 11) is 0. The van der Waals surface area contributed by atoms with Gasteiger partial charge in [-0.2, -0.15) is 4.39 Å². The number of halogens is 1. The molecule has 0 aliphatic rings. The highest BCUT2D eigenvalue weighted by molar-refractivity contribution is 6.45. The van der Waals surface area contributed by atoms with Gasteiger partial charge in [0.2, 0.25) is 0 Å². The molecule has 0 aliphatic carbocycles. The van der Waals surface area contributed by atoms with Crippen molar-refractivity contribution in [1.82, 2.24) is 4.57 Å². The number of ketones is 1. The number of nitrogens with two attached hydrogens (primary N) is 1. The van der Waals surface area contributed by atoms with Crippen molar-refractivity contribution < 1.29 is 28.2 Å². The average Bonchev–Trinajstić information content (AvgIpc) is 3.01. The Balaban J connectivity index is 2.17. The van der Waals surface area contributed by atoms with Gasteiger partial charge in [0.05, 0.1) is 23.1 Å². The van der Waals surface area contributed by atoms with Crippen LogP contribution in [0.5, 0.6) is 5.75 Å². The molecule has 2 N–H and O–H groups in total. The first kappa shape index (κ1) is 21.0. The van der Waals surface area contributed by atoms with Gasteiger partial charge in [-0.1, -0.05) is 36.4 Å². The van der Waals surface area contributed by atoms with Crippen molar-refractivity contribution in [3.63, 3.8) is 0 Å². The zero-order chi connectivity index (χ0) is 21.8. The van der Waals surface area contributed by atoms with Crippen LogP contribution in [0.3, 0.4) is 0 Å². The van der Waals surface area contributed by atoms with Crippen molar-refractivity contribution in [1.29, 1.82) is 0 Å². The Hall–Kier alpha value is -3.68. The third-order valence-corrected chi connectivity index (χ3v) is 4.65.